The third kappa shape index (κ3) is 4.23. The van der Waals surface area contributed by atoms with E-state index in [2.05, 4.69) is 24.1 Å². The number of nitrogens with zero attached hydrogens (tertiary/aromatic N) is 1. The molecule has 2 saturated heterocycles. The quantitative estimate of drug-likeness (QED) is 0.794. The first-order valence-electron chi connectivity index (χ1n) is 7.36. The summed E-state index contributed by atoms with van der Waals surface area (Å²) in [4.78, 5) is 2.60. The van der Waals surface area contributed by atoms with Crippen LogP contribution in [0.1, 0.15) is 39.5 Å². The fraction of sp³-hybridized carbons (Fsp3) is 1.00. The lowest BCUT2D eigenvalue weighted by molar-refractivity contribution is 0.0239. The summed E-state index contributed by atoms with van der Waals surface area (Å²) in [6, 6.07) is 0. The van der Waals surface area contributed by atoms with Gasteiger partial charge in [-0.05, 0) is 64.7 Å². The summed E-state index contributed by atoms with van der Waals surface area (Å²) in [6.07, 6.45) is 6.23. The minimum atomic E-state index is 0.492. The van der Waals surface area contributed by atoms with Crippen LogP contribution in [0, 0.1) is 5.92 Å². The zero-order valence-electron chi connectivity index (χ0n) is 11.5. The molecule has 100 valence electrons. The van der Waals surface area contributed by atoms with Crippen LogP contribution >= 0.6 is 0 Å². The van der Waals surface area contributed by atoms with Crippen molar-refractivity contribution in [1.82, 2.24) is 10.2 Å². The monoisotopic (exact) mass is 240 g/mol. The zero-order chi connectivity index (χ0) is 12.1. The number of piperidine rings is 1. The number of nitrogens with one attached hydrogen (secondary N) is 1. The molecule has 0 spiro atoms. The van der Waals surface area contributed by atoms with Crippen molar-refractivity contribution in [2.24, 2.45) is 5.92 Å². The molecule has 0 aliphatic carbocycles. The molecule has 1 N–H and O–H groups in total. The molecule has 17 heavy (non-hydrogen) atoms. The second-order valence-corrected chi connectivity index (χ2v) is 5.70. The highest BCUT2D eigenvalue weighted by Crippen LogP contribution is 2.22. The normalized spacial score (nSPS) is 32.1. The molecule has 2 rings (SSSR count). The van der Waals surface area contributed by atoms with Gasteiger partial charge in [0.2, 0.25) is 0 Å². The van der Waals surface area contributed by atoms with Gasteiger partial charge in [-0.2, -0.15) is 0 Å². The van der Waals surface area contributed by atoms with Gasteiger partial charge in [0.05, 0.1) is 12.2 Å². The van der Waals surface area contributed by atoms with E-state index in [9.17, 15) is 0 Å². The summed E-state index contributed by atoms with van der Waals surface area (Å²) in [5, 5.41) is 3.47. The molecule has 2 atom stereocenters. The van der Waals surface area contributed by atoms with Crippen LogP contribution in [-0.2, 0) is 4.74 Å². The number of likely N-dealkylation sites (tertiary alicyclic amines) is 1. The topological polar surface area (TPSA) is 24.5 Å². The lowest BCUT2D eigenvalue weighted by atomic mass is 9.96. The summed E-state index contributed by atoms with van der Waals surface area (Å²) >= 11 is 0. The third-order valence-corrected chi connectivity index (χ3v) is 4.17. The Bertz CT molecular complexity index is 214. The van der Waals surface area contributed by atoms with E-state index in [1.54, 1.807) is 0 Å². The Morgan fingerprint density at radius 1 is 1.18 bits per heavy atom. The van der Waals surface area contributed by atoms with Gasteiger partial charge in [-0.1, -0.05) is 6.92 Å². The Morgan fingerprint density at radius 2 is 1.94 bits per heavy atom. The van der Waals surface area contributed by atoms with Gasteiger partial charge in [-0.3, -0.25) is 0 Å². The predicted molar refractivity (Wildman–Crippen MR) is 71.3 cm³/mol. The van der Waals surface area contributed by atoms with Crippen LogP contribution in [0.3, 0.4) is 0 Å². The van der Waals surface area contributed by atoms with Gasteiger partial charge < -0.3 is 15.0 Å². The summed E-state index contributed by atoms with van der Waals surface area (Å²) in [7, 11) is 0. The SMILES string of the molecule is CCNCC1CCN(CC2CCC(C)O2)CC1. The molecule has 3 heteroatoms. The molecule has 2 fully saturated rings. The van der Waals surface area contributed by atoms with Gasteiger partial charge in [0.25, 0.3) is 0 Å². The molecule has 0 amide bonds. The second kappa shape index (κ2) is 6.72. The maximum absolute atomic E-state index is 5.90. The molecule has 0 saturated carbocycles. The van der Waals surface area contributed by atoms with E-state index in [1.807, 2.05) is 0 Å². The molecule has 2 aliphatic heterocycles. The number of hydrogen-bond acceptors (Lipinski definition) is 3. The van der Waals surface area contributed by atoms with E-state index in [4.69, 9.17) is 4.74 Å². The van der Waals surface area contributed by atoms with E-state index < -0.39 is 0 Å². The zero-order valence-corrected chi connectivity index (χ0v) is 11.5. The van der Waals surface area contributed by atoms with E-state index in [0.29, 0.717) is 12.2 Å². The molecule has 3 nitrogen and oxygen atoms in total. The first-order valence-corrected chi connectivity index (χ1v) is 7.36. The van der Waals surface area contributed by atoms with Crippen LogP contribution in [0.5, 0.6) is 0 Å². The lowest BCUT2D eigenvalue weighted by Crippen LogP contribution is -2.40. The van der Waals surface area contributed by atoms with Crippen molar-refractivity contribution in [3.05, 3.63) is 0 Å². The Kier molecular flexibility index (Phi) is 5.26. The predicted octanol–water partition coefficient (Wildman–Crippen LogP) is 1.88. The van der Waals surface area contributed by atoms with Crippen molar-refractivity contribution < 1.29 is 4.74 Å². The Morgan fingerprint density at radius 3 is 2.53 bits per heavy atom. The first-order chi connectivity index (χ1) is 8.28. The van der Waals surface area contributed by atoms with E-state index in [0.717, 1.165) is 19.0 Å². The summed E-state index contributed by atoms with van der Waals surface area (Å²) in [5.74, 6) is 0.898. The third-order valence-electron chi connectivity index (χ3n) is 4.17. The Hall–Kier alpha value is -0.120. The average molecular weight is 240 g/mol. The molecule has 2 heterocycles. The van der Waals surface area contributed by atoms with Gasteiger partial charge >= 0.3 is 0 Å². The van der Waals surface area contributed by atoms with Crippen LogP contribution in [0.25, 0.3) is 0 Å². The molecule has 0 aromatic carbocycles. The molecule has 2 unspecified atom stereocenters. The molecule has 0 bridgehead atoms. The number of ether oxygens (including phenoxy) is 1. The van der Waals surface area contributed by atoms with Crippen molar-refractivity contribution in [3.8, 4) is 0 Å². The largest absolute Gasteiger partial charge is 0.374 e. The van der Waals surface area contributed by atoms with Crippen LogP contribution in [0.15, 0.2) is 0 Å². The summed E-state index contributed by atoms with van der Waals surface area (Å²) < 4.78 is 5.90. The Labute approximate surface area is 106 Å². The smallest absolute Gasteiger partial charge is 0.0706 e. The van der Waals surface area contributed by atoms with Gasteiger partial charge in [0.15, 0.2) is 0 Å². The van der Waals surface area contributed by atoms with Crippen molar-refractivity contribution in [1.29, 1.82) is 0 Å². The fourth-order valence-electron chi connectivity index (χ4n) is 3.03. The standard InChI is InChI=1S/C14H28N2O/c1-3-15-10-13-6-8-16(9-7-13)11-14-5-4-12(2)17-14/h12-15H,3-11H2,1-2H3. The molecule has 0 aromatic rings. The Balaban J connectivity index is 1.62. The van der Waals surface area contributed by atoms with Crippen molar-refractivity contribution in [2.45, 2.75) is 51.7 Å². The van der Waals surface area contributed by atoms with Gasteiger partial charge in [0, 0.05) is 6.54 Å². The van der Waals surface area contributed by atoms with Crippen LogP contribution in [-0.4, -0.2) is 49.8 Å². The van der Waals surface area contributed by atoms with E-state index in [-0.39, 0.29) is 0 Å². The first kappa shape index (κ1) is 13.3. The van der Waals surface area contributed by atoms with Crippen LogP contribution in [0.2, 0.25) is 0 Å². The van der Waals surface area contributed by atoms with E-state index in [1.165, 1.54) is 45.3 Å². The van der Waals surface area contributed by atoms with Crippen molar-refractivity contribution in [3.63, 3.8) is 0 Å². The number of hydrogen-bond donors (Lipinski definition) is 1. The van der Waals surface area contributed by atoms with Crippen LogP contribution < -0.4 is 5.32 Å². The van der Waals surface area contributed by atoms with Gasteiger partial charge in [-0.15, -0.1) is 0 Å². The molecular weight excluding hydrogens is 212 g/mol. The number of rotatable bonds is 5. The van der Waals surface area contributed by atoms with E-state index >= 15 is 0 Å². The van der Waals surface area contributed by atoms with Crippen molar-refractivity contribution >= 4 is 0 Å². The average Bonchev–Trinajstić information content (AvgIpc) is 2.74. The second-order valence-electron chi connectivity index (χ2n) is 5.70. The molecule has 0 radical (unpaired) electrons. The molecular formula is C14H28N2O. The maximum atomic E-state index is 5.90. The lowest BCUT2D eigenvalue weighted by Gasteiger charge is -2.33. The highest BCUT2D eigenvalue weighted by Gasteiger charge is 2.26. The minimum absolute atomic E-state index is 0.492. The highest BCUT2D eigenvalue weighted by atomic mass is 16.5. The highest BCUT2D eigenvalue weighted by molar-refractivity contribution is 4.79. The summed E-state index contributed by atoms with van der Waals surface area (Å²) in [5.41, 5.74) is 0. The van der Waals surface area contributed by atoms with Gasteiger partial charge in [0.1, 0.15) is 0 Å². The fourth-order valence-corrected chi connectivity index (χ4v) is 3.03. The summed E-state index contributed by atoms with van der Waals surface area (Å²) in [6.45, 7) is 10.4. The van der Waals surface area contributed by atoms with Crippen LogP contribution in [0.4, 0.5) is 0 Å². The minimum Gasteiger partial charge on any atom is -0.374 e. The molecule has 2 aliphatic rings. The van der Waals surface area contributed by atoms with Gasteiger partial charge in [-0.25, -0.2) is 0 Å². The molecule has 0 aromatic heterocycles. The van der Waals surface area contributed by atoms with Crippen molar-refractivity contribution in [2.75, 3.05) is 32.7 Å². The maximum Gasteiger partial charge on any atom is 0.0706 e.